The largest absolute Gasteiger partial charge is 0.457 e. The van der Waals surface area contributed by atoms with Crippen LogP contribution in [0, 0.1) is 0 Å². The van der Waals surface area contributed by atoms with Gasteiger partial charge in [0.25, 0.3) is 5.91 Å². The van der Waals surface area contributed by atoms with E-state index in [0.717, 1.165) is 0 Å². The normalized spacial score (nSPS) is 10.1. The molecule has 0 fully saturated rings. The van der Waals surface area contributed by atoms with E-state index in [2.05, 4.69) is 47.1 Å². The number of amides is 1. The molecule has 0 bridgehead atoms. The molecule has 1 N–H and O–H groups in total. The van der Waals surface area contributed by atoms with Crippen LogP contribution in [0.15, 0.2) is 38.4 Å². The molecule has 0 aliphatic heterocycles. The van der Waals surface area contributed by atoms with Gasteiger partial charge in [0.15, 0.2) is 10.5 Å². The Hall–Kier alpha value is -1.21. The van der Waals surface area contributed by atoms with Gasteiger partial charge in [0.1, 0.15) is 4.60 Å². The van der Waals surface area contributed by atoms with Gasteiger partial charge in [-0.25, -0.2) is 9.97 Å². The first kappa shape index (κ1) is 11.3. The Labute approximate surface area is 108 Å². The molecule has 0 unspecified atom stereocenters. The highest BCUT2D eigenvalue weighted by Gasteiger charge is 2.13. The van der Waals surface area contributed by atoms with Crippen LogP contribution in [0.5, 0.6) is 0 Å². The Morgan fingerprint density at radius 2 is 2.12 bits per heavy atom. The van der Waals surface area contributed by atoms with Crippen LogP contribution in [0.4, 0.5) is 5.82 Å². The fraction of sp³-hybridized carbons (Fsp3) is 0. The van der Waals surface area contributed by atoms with E-state index in [9.17, 15) is 4.79 Å². The van der Waals surface area contributed by atoms with E-state index >= 15 is 0 Å². The lowest BCUT2D eigenvalue weighted by Crippen LogP contribution is -2.12. The molecule has 2 rings (SSSR count). The van der Waals surface area contributed by atoms with Crippen LogP contribution in [0.2, 0.25) is 0 Å². The van der Waals surface area contributed by atoms with E-state index in [1.165, 1.54) is 18.7 Å². The molecular weight excluding hydrogens is 342 g/mol. The van der Waals surface area contributed by atoms with Crippen LogP contribution in [0.25, 0.3) is 0 Å². The Morgan fingerprint density at radius 1 is 1.31 bits per heavy atom. The van der Waals surface area contributed by atoms with Gasteiger partial charge >= 0.3 is 0 Å². The van der Waals surface area contributed by atoms with Crippen molar-refractivity contribution >= 4 is 43.6 Å². The van der Waals surface area contributed by atoms with Gasteiger partial charge in [-0.1, -0.05) is 0 Å². The van der Waals surface area contributed by atoms with Crippen molar-refractivity contribution in [2.45, 2.75) is 0 Å². The maximum absolute atomic E-state index is 11.7. The molecule has 0 aromatic carbocycles. The SMILES string of the molecule is O=C(Nc1cnc(Br)cn1)c1ccoc1Br. The minimum absolute atomic E-state index is 0.308. The summed E-state index contributed by atoms with van der Waals surface area (Å²) < 4.78 is 5.95. The topological polar surface area (TPSA) is 68.0 Å². The predicted octanol–water partition coefficient (Wildman–Crippen LogP) is 2.85. The molecule has 82 valence electrons. The number of halogens is 2. The lowest BCUT2D eigenvalue weighted by Gasteiger charge is -2.01. The van der Waals surface area contributed by atoms with E-state index in [0.29, 0.717) is 20.7 Å². The lowest BCUT2D eigenvalue weighted by molar-refractivity contribution is 0.102. The number of hydrogen-bond donors (Lipinski definition) is 1. The monoisotopic (exact) mass is 345 g/mol. The molecule has 1 amide bonds. The minimum atomic E-state index is -0.308. The van der Waals surface area contributed by atoms with Crippen LogP contribution in [-0.2, 0) is 0 Å². The number of nitrogens with zero attached hydrogens (tertiary/aromatic N) is 2. The first-order valence-corrected chi connectivity index (χ1v) is 5.77. The fourth-order valence-electron chi connectivity index (χ4n) is 1.02. The van der Waals surface area contributed by atoms with Crippen LogP contribution in [-0.4, -0.2) is 15.9 Å². The minimum Gasteiger partial charge on any atom is -0.457 e. The van der Waals surface area contributed by atoms with E-state index < -0.39 is 0 Å². The second kappa shape index (κ2) is 4.75. The average molecular weight is 347 g/mol. The van der Waals surface area contributed by atoms with E-state index in [4.69, 9.17) is 4.42 Å². The van der Waals surface area contributed by atoms with E-state index in [1.54, 1.807) is 6.07 Å². The van der Waals surface area contributed by atoms with Gasteiger partial charge in [0, 0.05) is 0 Å². The van der Waals surface area contributed by atoms with Gasteiger partial charge in [-0.05, 0) is 37.9 Å². The zero-order valence-electron chi connectivity index (χ0n) is 7.78. The zero-order chi connectivity index (χ0) is 11.5. The third kappa shape index (κ3) is 2.48. The third-order valence-electron chi connectivity index (χ3n) is 1.72. The molecule has 5 nitrogen and oxygen atoms in total. The number of carbonyl (C=O) groups excluding carboxylic acids is 1. The number of hydrogen-bond acceptors (Lipinski definition) is 4. The number of nitrogens with one attached hydrogen (secondary N) is 1. The van der Waals surface area contributed by atoms with Crippen LogP contribution in [0.3, 0.4) is 0 Å². The van der Waals surface area contributed by atoms with E-state index in [1.807, 2.05) is 0 Å². The highest BCUT2D eigenvalue weighted by molar-refractivity contribution is 9.10. The first-order valence-electron chi connectivity index (χ1n) is 4.18. The summed E-state index contributed by atoms with van der Waals surface area (Å²) in [5, 5.41) is 2.59. The van der Waals surface area contributed by atoms with Gasteiger partial charge in [-0.2, -0.15) is 0 Å². The number of carbonyl (C=O) groups is 1. The van der Waals surface area contributed by atoms with Crippen molar-refractivity contribution in [2.75, 3.05) is 5.32 Å². The predicted molar refractivity (Wildman–Crippen MR) is 64.1 cm³/mol. The molecule has 0 saturated heterocycles. The van der Waals surface area contributed by atoms with Gasteiger partial charge in [0.05, 0.1) is 24.2 Å². The summed E-state index contributed by atoms with van der Waals surface area (Å²) in [6.45, 7) is 0. The molecule has 0 spiro atoms. The number of anilines is 1. The van der Waals surface area contributed by atoms with Crippen molar-refractivity contribution in [3.63, 3.8) is 0 Å². The van der Waals surface area contributed by atoms with Gasteiger partial charge in [-0.3, -0.25) is 4.79 Å². The highest BCUT2D eigenvalue weighted by Crippen LogP contribution is 2.18. The fourth-order valence-corrected chi connectivity index (χ4v) is 1.64. The van der Waals surface area contributed by atoms with Gasteiger partial charge in [0.2, 0.25) is 0 Å². The summed E-state index contributed by atoms with van der Waals surface area (Å²) >= 11 is 6.27. The highest BCUT2D eigenvalue weighted by atomic mass is 79.9. The maximum Gasteiger partial charge on any atom is 0.261 e. The smallest absolute Gasteiger partial charge is 0.261 e. The molecule has 0 aliphatic rings. The zero-order valence-corrected chi connectivity index (χ0v) is 10.9. The third-order valence-corrected chi connectivity index (χ3v) is 2.75. The van der Waals surface area contributed by atoms with Crippen molar-refractivity contribution in [1.82, 2.24) is 9.97 Å². The molecule has 0 atom stereocenters. The van der Waals surface area contributed by atoms with Crippen LogP contribution in [0.1, 0.15) is 10.4 Å². The molecule has 16 heavy (non-hydrogen) atoms. The quantitative estimate of drug-likeness (QED) is 0.907. The molecule has 7 heteroatoms. The molecular formula is C9H5Br2N3O2. The second-order valence-corrected chi connectivity index (χ2v) is 4.32. The van der Waals surface area contributed by atoms with Crippen molar-refractivity contribution in [3.05, 3.63) is 39.6 Å². The molecule has 0 aliphatic carbocycles. The van der Waals surface area contributed by atoms with Crippen molar-refractivity contribution in [2.24, 2.45) is 0 Å². The molecule has 0 radical (unpaired) electrons. The van der Waals surface area contributed by atoms with Gasteiger partial charge in [-0.15, -0.1) is 0 Å². The summed E-state index contributed by atoms with van der Waals surface area (Å²) in [5.74, 6) is 0.0681. The lowest BCUT2D eigenvalue weighted by atomic mass is 10.3. The second-order valence-electron chi connectivity index (χ2n) is 2.79. The Bertz CT molecular complexity index is 510. The number of rotatable bonds is 2. The molecule has 2 heterocycles. The molecule has 2 aromatic rings. The number of furan rings is 1. The van der Waals surface area contributed by atoms with Crippen LogP contribution < -0.4 is 5.32 Å². The first-order chi connectivity index (χ1) is 7.66. The maximum atomic E-state index is 11.7. The molecule has 0 saturated carbocycles. The van der Waals surface area contributed by atoms with E-state index in [-0.39, 0.29) is 5.91 Å². The number of aromatic nitrogens is 2. The van der Waals surface area contributed by atoms with Crippen molar-refractivity contribution in [3.8, 4) is 0 Å². The average Bonchev–Trinajstić information content (AvgIpc) is 2.68. The Morgan fingerprint density at radius 3 is 2.69 bits per heavy atom. The summed E-state index contributed by atoms with van der Waals surface area (Å²) in [6.07, 6.45) is 4.38. The Balaban J connectivity index is 2.14. The van der Waals surface area contributed by atoms with Crippen molar-refractivity contribution in [1.29, 1.82) is 0 Å². The van der Waals surface area contributed by atoms with Gasteiger partial charge < -0.3 is 9.73 Å². The summed E-state index contributed by atoms with van der Waals surface area (Å²) in [7, 11) is 0. The standard InChI is InChI=1S/C9H5Br2N3O2/c10-6-3-13-7(4-12-6)14-9(15)5-1-2-16-8(5)11/h1-4H,(H,13,14,15). The molecule has 2 aromatic heterocycles. The summed E-state index contributed by atoms with van der Waals surface area (Å²) in [5.41, 5.74) is 0.407. The van der Waals surface area contributed by atoms with Crippen molar-refractivity contribution < 1.29 is 9.21 Å². The summed E-state index contributed by atoms with van der Waals surface area (Å²) in [4.78, 5) is 19.6. The van der Waals surface area contributed by atoms with Crippen LogP contribution >= 0.6 is 31.9 Å². The summed E-state index contributed by atoms with van der Waals surface area (Å²) in [6, 6.07) is 1.56. The Kier molecular flexibility index (Phi) is 3.35.